The van der Waals surface area contributed by atoms with E-state index < -0.39 is 5.69 Å². The number of allylic oxidation sites excluding steroid dienone is 1. The Balaban J connectivity index is 3.94. The van der Waals surface area contributed by atoms with Crippen molar-refractivity contribution in [1.29, 1.82) is 0 Å². The van der Waals surface area contributed by atoms with Gasteiger partial charge in [-0.1, -0.05) is 6.08 Å². The van der Waals surface area contributed by atoms with Crippen LogP contribution in [-0.2, 0) is 20.9 Å². The van der Waals surface area contributed by atoms with Crippen LogP contribution in [0.25, 0.3) is 0 Å². The van der Waals surface area contributed by atoms with Crippen molar-refractivity contribution in [2.24, 2.45) is 0 Å². The van der Waals surface area contributed by atoms with E-state index in [0.29, 0.717) is 0 Å². The smallest absolute Gasteiger partial charge is 0.250 e. The Hall–Kier alpha value is 0.660. The predicted octanol–water partition coefficient (Wildman–Crippen LogP) is 2.77. The molecule has 0 radical (unpaired) electrons. The molecule has 0 amide bonds. The molecule has 0 spiro atoms. The van der Waals surface area contributed by atoms with Crippen LogP contribution < -0.4 is 0 Å². The normalized spacial score (nSPS) is 12.7. The highest BCUT2D eigenvalue weighted by Gasteiger charge is 2.12. The molecule has 0 heterocycles. The summed E-state index contributed by atoms with van der Waals surface area (Å²) in [7, 11) is 3.14. The van der Waals surface area contributed by atoms with Gasteiger partial charge in [0.15, 0.2) is 0 Å². The first kappa shape index (κ1) is 10.7. The molecule has 60 valence electrons. The van der Waals surface area contributed by atoms with E-state index in [4.69, 9.17) is 20.9 Å². The first-order chi connectivity index (χ1) is 4.68. The number of rotatable bonds is 4. The predicted molar refractivity (Wildman–Crippen MR) is 50.7 cm³/mol. The van der Waals surface area contributed by atoms with Gasteiger partial charge in [0.05, 0.1) is 0 Å². The second kappa shape index (κ2) is 5.33. The maximum absolute atomic E-state index is 5.05. The van der Waals surface area contributed by atoms with Crippen molar-refractivity contribution in [3.8, 4) is 0 Å². The van der Waals surface area contributed by atoms with Crippen molar-refractivity contribution in [3.05, 3.63) is 11.5 Å². The molecule has 5 heteroatoms. The van der Waals surface area contributed by atoms with Gasteiger partial charge in [-0.05, 0) is 35.5 Å². The van der Waals surface area contributed by atoms with E-state index in [9.17, 15) is 0 Å². The zero-order valence-corrected chi connectivity index (χ0v) is 8.76. The van der Waals surface area contributed by atoms with E-state index in [2.05, 4.69) is 0 Å². The summed E-state index contributed by atoms with van der Waals surface area (Å²) in [5.41, 5.74) is -2.03. The van der Waals surface area contributed by atoms with Crippen LogP contribution in [0.5, 0.6) is 0 Å². The SMILES string of the molecule is C/C=C/SP(=S)(OC)OC. The minimum absolute atomic E-state index is 1.42. The van der Waals surface area contributed by atoms with Crippen LogP contribution in [0.1, 0.15) is 6.92 Å². The second-order valence-corrected chi connectivity index (χ2v) is 7.71. The Bertz CT molecular complexity index is 150. The third-order valence-corrected chi connectivity index (χ3v) is 6.02. The van der Waals surface area contributed by atoms with E-state index in [-0.39, 0.29) is 0 Å². The zero-order valence-electron chi connectivity index (χ0n) is 6.23. The van der Waals surface area contributed by atoms with Crippen LogP contribution in [0.4, 0.5) is 0 Å². The number of hydrogen-bond donors (Lipinski definition) is 0. The molecule has 0 fully saturated rings. The van der Waals surface area contributed by atoms with E-state index in [1.54, 1.807) is 14.2 Å². The van der Waals surface area contributed by atoms with Gasteiger partial charge in [0, 0.05) is 14.2 Å². The molecule has 0 saturated carbocycles. The van der Waals surface area contributed by atoms with Gasteiger partial charge in [-0.25, -0.2) is 0 Å². The van der Waals surface area contributed by atoms with Crippen molar-refractivity contribution in [3.63, 3.8) is 0 Å². The van der Waals surface area contributed by atoms with E-state index in [0.717, 1.165) is 0 Å². The van der Waals surface area contributed by atoms with Gasteiger partial charge >= 0.3 is 0 Å². The largest absolute Gasteiger partial charge is 0.325 e. The quantitative estimate of drug-likeness (QED) is 0.646. The molecule has 0 aliphatic heterocycles. The van der Waals surface area contributed by atoms with Crippen molar-refractivity contribution in [2.45, 2.75) is 6.92 Å². The second-order valence-electron chi connectivity index (χ2n) is 1.39. The van der Waals surface area contributed by atoms with Crippen molar-refractivity contribution in [1.82, 2.24) is 0 Å². The lowest BCUT2D eigenvalue weighted by atomic mass is 10.8. The highest BCUT2D eigenvalue weighted by atomic mass is 32.9. The minimum Gasteiger partial charge on any atom is -0.325 e. The van der Waals surface area contributed by atoms with Gasteiger partial charge in [0.1, 0.15) is 0 Å². The fraction of sp³-hybridized carbons (Fsp3) is 0.600. The number of hydrogen-bond acceptors (Lipinski definition) is 4. The van der Waals surface area contributed by atoms with Gasteiger partial charge in [-0.3, -0.25) is 0 Å². The zero-order chi connectivity index (χ0) is 8.04. The molecule has 0 unspecified atom stereocenters. The standard InChI is InChI=1S/C5H11O2PS2/c1-4-5-10-8(9,6-2)7-3/h4-5H,1-3H3/b5-4+. The van der Waals surface area contributed by atoms with Crippen LogP contribution >= 0.6 is 17.1 Å². The molecule has 2 nitrogen and oxygen atoms in total. The lowest BCUT2D eigenvalue weighted by molar-refractivity contribution is 0.354. The fourth-order valence-electron chi connectivity index (χ4n) is 0.296. The lowest BCUT2D eigenvalue weighted by Gasteiger charge is -2.13. The average molecular weight is 198 g/mol. The van der Waals surface area contributed by atoms with Gasteiger partial charge in [0.2, 0.25) is 0 Å². The van der Waals surface area contributed by atoms with Crippen LogP contribution in [0, 0.1) is 0 Å². The third-order valence-electron chi connectivity index (χ3n) is 0.773. The highest BCUT2D eigenvalue weighted by Crippen LogP contribution is 2.60. The monoisotopic (exact) mass is 198 g/mol. The van der Waals surface area contributed by atoms with Gasteiger partial charge in [-0.15, -0.1) is 0 Å². The van der Waals surface area contributed by atoms with Crippen LogP contribution in [0.2, 0.25) is 0 Å². The maximum atomic E-state index is 5.05. The van der Waals surface area contributed by atoms with Crippen molar-refractivity contribution < 1.29 is 9.05 Å². The van der Waals surface area contributed by atoms with E-state index in [1.807, 2.05) is 18.4 Å². The van der Waals surface area contributed by atoms with E-state index in [1.165, 1.54) is 11.4 Å². The molecule has 0 aliphatic carbocycles. The summed E-state index contributed by atoms with van der Waals surface area (Å²) in [5, 5.41) is 1.88. The summed E-state index contributed by atoms with van der Waals surface area (Å²) < 4.78 is 10.0. The fourth-order valence-corrected chi connectivity index (χ4v) is 2.66. The van der Waals surface area contributed by atoms with Crippen LogP contribution in [-0.4, -0.2) is 14.2 Å². The molecule has 0 aliphatic rings. The van der Waals surface area contributed by atoms with Gasteiger partial charge < -0.3 is 9.05 Å². The first-order valence-electron chi connectivity index (χ1n) is 2.69. The topological polar surface area (TPSA) is 18.5 Å². The lowest BCUT2D eigenvalue weighted by Crippen LogP contribution is -1.79. The molecular formula is C5H11O2PS2. The molecule has 0 rings (SSSR count). The average Bonchev–Trinajstić information content (AvgIpc) is 2.00. The van der Waals surface area contributed by atoms with Crippen LogP contribution in [0.15, 0.2) is 11.5 Å². The summed E-state index contributed by atoms with van der Waals surface area (Å²) in [5.74, 6) is 0. The summed E-state index contributed by atoms with van der Waals surface area (Å²) in [6.45, 7) is 1.93. The Kier molecular flexibility index (Phi) is 5.68. The third kappa shape index (κ3) is 3.74. The Morgan fingerprint density at radius 1 is 1.40 bits per heavy atom. The molecule has 0 bridgehead atoms. The summed E-state index contributed by atoms with van der Waals surface area (Å²) in [4.78, 5) is 0. The molecule has 0 aromatic rings. The first-order valence-corrected chi connectivity index (χ1v) is 6.82. The molecule has 0 aromatic carbocycles. The molecule has 0 aromatic heterocycles. The van der Waals surface area contributed by atoms with Gasteiger partial charge in [0.25, 0.3) is 5.69 Å². The summed E-state index contributed by atoms with van der Waals surface area (Å²) >= 11 is 6.47. The molecular weight excluding hydrogens is 187 g/mol. The van der Waals surface area contributed by atoms with Crippen molar-refractivity contribution >= 4 is 28.9 Å². The Morgan fingerprint density at radius 2 is 1.90 bits per heavy atom. The summed E-state index contributed by atoms with van der Waals surface area (Å²) in [6.07, 6.45) is 1.91. The Labute approximate surface area is 70.9 Å². The molecule has 0 atom stereocenters. The van der Waals surface area contributed by atoms with E-state index >= 15 is 0 Å². The minimum atomic E-state index is -2.03. The van der Waals surface area contributed by atoms with Crippen LogP contribution in [0.3, 0.4) is 0 Å². The highest BCUT2D eigenvalue weighted by molar-refractivity contribution is 8.69. The Morgan fingerprint density at radius 3 is 2.20 bits per heavy atom. The molecule has 0 N–H and O–H groups in total. The van der Waals surface area contributed by atoms with Crippen molar-refractivity contribution in [2.75, 3.05) is 14.2 Å². The summed E-state index contributed by atoms with van der Waals surface area (Å²) in [6, 6.07) is 0. The molecule has 0 saturated heterocycles. The van der Waals surface area contributed by atoms with Gasteiger partial charge in [-0.2, -0.15) is 0 Å². The molecule has 10 heavy (non-hydrogen) atoms. The maximum Gasteiger partial charge on any atom is 0.250 e.